The van der Waals surface area contributed by atoms with Crippen LogP contribution in [0.2, 0.25) is 0 Å². The summed E-state index contributed by atoms with van der Waals surface area (Å²) in [5.41, 5.74) is 0.870. The summed E-state index contributed by atoms with van der Waals surface area (Å²) in [7, 11) is 0. The predicted molar refractivity (Wildman–Crippen MR) is 96.2 cm³/mol. The molecule has 128 valence electrons. The Hall–Kier alpha value is -1.14. The van der Waals surface area contributed by atoms with E-state index in [9.17, 15) is 4.79 Å². The second-order valence-corrected chi connectivity index (χ2v) is 6.25. The van der Waals surface area contributed by atoms with E-state index in [0.29, 0.717) is 6.04 Å². The highest BCUT2D eigenvalue weighted by atomic mass is 35.5. The fourth-order valence-electron chi connectivity index (χ4n) is 3.37. The van der Waals surface area contributed by atoms with Gasteiger partial charge in [-0.15, -0.1) is 12.4 Å². The molecule has 2 fully saturated rings. The zero-order valence-corrected chi connectivity index (χ0v) is 14.5. The normalized spacial score (nSPS) is 24.0. The molecule has 1 amide bonds. The minimum Gasteiger partial charge on any atom is -0.325 e. The van der Waals surface area contributed by atoms with Crippen molar-refractivity contribution in [2.45, 2.75) is 25.4 Å². The molecule has 23 heavy (non-hydrogen) atoms. The van der Waals surface area contributed by atoms with Crippen LogP contribution in [0.25, 0.3) is 0 Å². The van der Waals surface area contributed by atoms with Gasteiger partial charge in [-0.1, -0.05) is 18.2 Å². The first-order chi connectivity index (χ1) is 10.7. The summed E-state index contributed by atoms with van der Waals surface area (Å²) in [4.78, 5) is 17.2. The highest BCUT2D eigenvalue weighted by molar-refractivity contribution is 5.94. The molecule has 2 atom stereocenters. The van der Waals surface area contributed by atoms with Gasteiger partial charge in [0.05, 0.1) is 6.04 Å². The molecule has 2 aliphatic rings. The summed E-state index contributed by atoms with van der Waals surface area (Å²) in [5, 5.41) is 6.43. The summed E-state index contributed by atoms with van der Waals surface area (Å²) >= 11 is 0. The molecular formula is C17H27ClN4O. The average molecular weight is 339 g/mol. The molecule has 1 aromatic carbocycles. The van der Waals surface area contributed by atoms with E-state index in [4.69, 9.17) is 0 Å². The summed E-state index contributed by atoms with van der Waals surface area (Å²) in [6.45, 7) is 8.33. The van der Waals surface area contributed by atoms with Crippen molar-refractivity contribution in [3.8, 4) is 0 Å². The minimum atomic E-state index is -0.0796. The molecule has 2 unspecified atom stereocenters. The van der Waals surface area contributed by atoms with Gasteiger partial charge in [0.25, 0.3) is 0 Å². The van der Waals surface area contributed by atoms with Crippen molar-refractivity contribution in [1.82, 2.24) is 15.1 Å². The van der Waals surface area contributed by atoms with Crippen LogP contribution < -0.4 is 10.6 Å². The van der Waals surface area contributed by atoms with Crippen molar-refractivity contribution < 1.29 is 4.79 Å². The Morgan fingerprint density at radius 3 is 2.52 bits per heavy atom. The number of nitrogens with one attached hydrogen (secondary N) is 2. The lowest BCUT2D eigenvalue weighted by atomic mass is 10.1. The maximum Gasteiger partial charge on any atom is 0.241 e. The molecule has 1 aromatic rings. The Balaban J connectivity index is 0.00000192. The first-order valence-corrected chi connectivity index (χ1v) is 8.29. The van der Waals surface area contributed by atoms with Crippen molar-refractivity contribution in [3.05, 3.63) is 30.3 Å². The van der Waals surface area contributed by atoms with E-state index in [2.05, 4.69) is 20.4 Å². The van der Waals surface area contributed by atoms with Crippen molar-refractivity contribution in [3.63, 3.8) is 0 Å². The molecule has 0 aromatic heterocycles. The van der Waals surface area contributed by atoms with Gasteiger partial charge in [0.1, 0.15) is 0 Å². The molecule has 2 N–H and O–H groups in total. The number of amides is 1. The van der Waals surface area contributed by atoms with Crippen molar-refractivity contribution >= 4 is 24.0 Å². The van der Waals surface area contributed by atoms with Gasteiger partial charge in [0.15, 0.2) is 0 Å². The first kappa shape index (κ1) is 18.2. The van der Waals surface area contributed by atoms with Crippen molar-refractivity contribution in [2.24, 2.45) is 0 Å². The maximum atomic E-state index is 12.4. The molecule has 0 radical (unpaired) electrons. The molecule has 2 saturated heterocycles. The van der Waals surface area contributed by atoms with Crippen LogP contribution >= 0.6 is 12.4 Å². The number of carbonyl (C=O) groups excluding carboxylic acids is 1. The molecule has 6 heteroatoms. The third-order valence-electron chi connectivity index (χ3n) is 4.87. The zero-order chi connectivity index (χ0) is 15.4. The predicted octanol–water partition coefficient (Wildman–Crippen LogP) is 1.41. The quantitative estimate of drug-likeness (QED) is 0.871. The number of carbonyl (C=O) groups is 1. The standard InChI is InChI=1S/C17H26N4O.ClH/c1-14(17(22)19-15-5-3-2-4-6-15)20-9-11-21(12-10-20)16-7-8-18-13-16;/h2-6,14,16,18H,7-13H2,1H3,(H,19,22);1H. The summed E-state index contributed by atoms with van der Waals surface area (Å²) in [6.07, 6.45) is 1.25. The average Bonchev–Trinajstić information content (AvgIpc) is 3.10. The van der Waals surface area contributed by atoms with E-state index in [1.165, 1.54) is 6.42 Å². The van der Waals surface area contributed by atoms with Crippen LogP contribution in [-0.2, 0) is 4.79 Å². The number of benzene rings is 1. The molecule has 2 aliphatic heterocycles. The Labute approximate surface area is 144 Å². The first-order valence-electron chi connectivity index (χ1n) is 8.29. The van der Waals surface area contributed by atoms with Gasteiger partial charge in [0, 0.05) is 44.5 Å². The maximum absolute atomic E-state index is 12.4. The molecule has 5 nitrogen and oxygen atoms in total. The summed E-state index contributed by atoms with van der Waals surface area (Å²) in [6, 6.07) is 10.3. The molecule has 0 spiro atoms. The Morgan fingerprint density at radius 1 is 1.22 bits per heavy atom. The number of piperazine rings is 1. The number of anilines is 1. The zero-order valence-electron chi connectivity index (χ0n) is 13.7. The molecule has 0 saturated carbocycles. The van der Waals surface area contributed by atoms with Crippen LogP contribution in [0.3, 0.4) is 0 Å². The molecule has 0 bridgehead atoms. The second-order valence-electron chi connectivity index (χ2n) is 6.25. The third-order valence-corrected chi connectivity index (χ3v) is 4.87. The van der Waals surface area contributed by atoms with Crippen LogP contribution in [0.5, 0.6) is 0 Å². The van der Waals surface area contributed by atoms with Crippen LogP contribution in [0.1, 0.15) is 13.3 Å². The highest BCUT2D eigenvalue weighted by Gasteiger charge is 2.29. The lowest BCUT2D eigenvalue weighted by Gasteiger charge is -2.39. The lowest BCUT2D eigenvalue weighted by molar-refractivity contribution is -0.121. The van der Waals surface area contributed by atoms with Gasteiger partial charge in [-0.05, 0) is 32.0 Å². The van der Waals surface area contributed by atoms with Crippen LogP contribution in [0, 0.1) is 0 Å². The Bertz CT molecular complexity index is 485. The summed E-state index contributed by atoms with van der Waals surface area (Å²) in [5.74, 6) is 0.0854. The van der Waals surface area contributed by atoms with Crippen LogP contribution in [0.4, 0.5) is 5.69 Å². The molecule has 0 aliphatic carbocycles. The number of rotatable bonds is 4. The van der Waals surface area contributed by atoms with E-state index in [0.717, 1.165) is 45.0 Å². The second kappa shape index (κ2) is 8.64. The van der Waals surface area contributed by atoms with E-state index >= 15 is 0 Å². The van der Waals surface area contributed by atoms with E-state index in [1.54, 1.807) is 0 Å². The van der Waals surface area contributed by atoms with Crippen molar-refractivity contribution in [1.29, 1.82) is 0 Å². The van der Waals surface area contributed by atoms with E-state index in [1.807, 2.05) is 37.3 Å². The topological polar surface area (TPSA) is 47.6 Å². The van der Waals surface area contributed by atoms with Gasteiger partial charge >= 0.3 is 0 Å². The number of para-hydroxylation sites is 1. The van der Waals surface area contributed by atoms with Gasteiger partial charge in [-0.3, -0.25) is 14.6 Å². The monoisotopic (exact) mass is 338 g/mol. The molecule has 3 rings (SSSR count). The third kappa shape index (κ3) is 4.67. The van der Waals surface area contributed by atoms with Gasteiger partial charge in [-0.25, -0.2) is 0 Å². The van der Waals surface area contributed by atoms with Gasteiger partial charge < -0.3 is 10.6 Å². The summed E-state index contributed by atoms with van der Waals surface area (Å²) < 4.78 is 0. The minimum absolute atomic E-state index is 0. The van der Waals surface area contributed by atoms with Crippen LogP contribution in [0.15, 0.2) is 30.3 Å². The number of hydrogen-bond donors (Lipinski definition) is 2. The largest absolute Gasteiger partial charge is 0.325 e. The number of hydrogen-bond acceptors (Lipinski definition) is 4. The van der Waals surface area contributed by atoms with Crippen LogP contribution in [-0.4, -0.2) is 67.1 Å². The fraction of sp³-hybridized carbons (Fsp3) is 0.588. The number of halogens is 1. The lowest BCUT2D eigenvalue weighted by Crippen LogP contribution is -2.55. The number of nitrogens with zero attached hydrogens (tertiary/aromatic N) is 2. The SMILES string of the molecule is CC(C(=O)Nc1ccccc1)N1CCN(C2CCNC2)CC1.Cl. The van der Waals surface area contributed by atoms with E-state index < -0.39 is 0 Å². The Morgan fingerprint density at radius 2 is 1.91 bits per heavy atom. The fourth-order valence-corrected chi connectivity index (χ4v) is 3.37. The highest BCUT2D eigenvalue weighted by Crippen LogP contribution is 2.14. The Kier molecular flexibility index (Phi) is 6.84. The molecular weight excluding hydrogens is 312 g/mol. The van der Waals surface area contributed by atoms with E-state index in [-0.39, 0.29) is 24.4 Å². The molecule has 2 heterocycles. The van der Waals surface area contributed by atoms with Gasteiger partial charge in [0.2, 0.25) is 5.91 Å². The van der Waals surface area contributed by atoms with Crippen molar-refractivity contribution in [2.75, 3.05) is 44.6 Å². The smallest absolute Gasteiger partial charge is 0.241 e. The van der Waals surface area contributed by atoms with Gasteiger partial charge in [-0.2, -0.15) is 0 Å².